The van der Waals surface area contributed by atoms with Gasteiger partial charge in [-0.15, -0.1) is 0 Å². The summed E-state index contributed by atoms with van der Waals surface area (Å²) in [5.41, 5.74) is 4.52. The molecule has 4 rings (SSSR count). The maximum absolute atomic E-state index is 11.1. The number of rotatable bonds is 7. The molecule has 0 aliphatic carbocycles. The lowest BCUT2D eigenvalue weighted by Gasteiger charge is -2.27. The zero-order valence-electron chi connectivity index (χ0n) is 17.4. The molecule has 2 atom stereocenters. The molecule has 1 aliphatic rings. The van der Waals surface area contributed by atoms with Gasteiger partial charge in [-0.1, -0.05) is 6.07 Å². The number of hydrogen-bond donors (Lipinski definition) is 3. The first-order chi connectivity index (χ1) is 15.1. The number of aliphatic hydroxyl groups is 1. The van der Waals surface area contributed by atoms with Crippen molar-refractivity contribution in [3.8, 4) is 17.0 Å². The van der Waals surface area contributed by atoms with Crippen molar-refractivity contribution in [2.24, 2.45) is 0 Å². The molecule has 1 amide bonds. The second-order valence-corrected chi connectivity index (χ2v) is 7.67. The number of carbonyl (C=O) groups is 1. The summed E-state index contributed by atoms with van der Waals surface area (Å²) in [5, 5.41) is 16.3. The molecular formula is C24H26N4O3. The largest absolute Gasteiger partial charge is 0.489 e. The minimum atomic E-state index is -0.586. The van der Waals surface area contributed by atoms with E-state index in [-0.39, 0.29) is 12.0 Å². The zero-order chi connectivity index (χ0) is 21.6. The van der Waals surface area contributed by atoms with Gasteiger partial charge in [0.15, 0.2) is 0 Å². The Morgan fingerprint density at radius 2 is 2.16 bits per heavy atom. The number of ether oxygens (including phenoxy) is 1. The van der Waals surface area contributed by atoms with Gasteiger partial charge in [-0.05, 0) is 54.8 Å². The number of anilines is 1. The monoisotopic (exact) mass is 418 g/mol. The molecule has 2 aromatic heterocycles. The molecule has 0 fully saturated rings. The number of aromatic nitrogens is 2. The minimum Gasteiger partial charge on any atom is -0.489 e. The highest BCUT2D eigenvalue weighted by atomic mass is 16.5. The van der Waals surface area contributed by atoms with Gasteiger partial charge in [0, 0.05) is 43.5 Å². The summed E-state index contributed by atoms with van der Waals surface area (Å²) in [5.74, 6) is 0.778. The Kier molecular flexibility index (Phi) is 6.54. The van der Waals surface area contributed by atoms with E-state index in [1.54, 1.807) is 18.6 Å². The van der Waals surface area contributed by atoms with E-state index in [1.807, 2.05) is 36.4 Å². The highest BCUT2D eigenvalue weighted by Gasteiger charge is 2.20. The standard InChI is InChI=1S/C24H26N4O3/c1-16(29)28-20-6-8-22(27-13-20)17-5-9-24-18(11-17)4-7-21(31-24)14-26-15-23(30)19-3-2-10-25-12-19/h2-3,5-6,8-13,21,23,26,30H,4,7,14-15H2,1H3,(H,28,29). The van der Waals surface area contributed by atoms with Crippen LogP contribution in [0.25, 0.3) is 11.3 Å². The average Bonchev–Trinajstić information content (AvgIpc) is 2.79. The van der Waals surface area contributed by atoms with Crippen molar-refractivity contribution in [3.05, 3.63) is 72.2 Å². The second-order valence-electron chi connectivity index (χ2n) is 7.67. The Balaban J connectivity index is 1.32. The summed E-state index contributed by atoms with van der Waals surface area (Å²) in [6, 6.07) is 13.5. The third-order valence-electron chi connectivity index (χ3n) is 5.25. The highest BCUT2D eigenvalue weighted by Crippen LogP contribution is 2.31. The SMILES string of the molecule is CC(=O)Nc1ccc(-c2ccc3c(c2)CCC(CNCC(O)c2cccnc2)O3)nc1. The van der Waals surface area contributed by atoms with Gasteiger partial charge in [0.25, 0.3) is 0 Å². The maximum atomic E-state index is 11.1. The van der Waals surface area contributed by atoms with Crippen LogP contribution in [-0.2, 0) is 11.2 Å². The predicted molar refractivity (Wildman–Crippen MR) is 119 cm³/mol. The summed E-state index contributed by atoms with van der Waals surface area (Å²) in [6.07, 6.45) is 6.34. The number of aryl methyl sites for hydroxylation is 1. The second kappa shape index (κ2) is 9.68. The molecule has 0 spiro atoms. The van der Waals surface area contributed by atoms with E-state index in [4.69, 9.17) is 4.74 Å². The van der Waals surface area contributed by atoms with Crippen molar-refractivity contribution in [1.82, 2.24) is 15.3 Å². The molecule has 1 aromatic carbocycles. The Morgan fingerprint density at radius 3 is 2.90 bits per heavy atom. The van der Waals surface area contributed by atoms with Crippen LogP contribution in [0.4, 0.5) is 5.69 Å². The molecule has 1 aliphatic heterocycles. The molecule has 0 radical (unpaired) electrons. The maximum Gasteiger partial charge on any atom is 0.221 e. The fourth-order valence-corrected chi connectivity index (χ4v) is 3.66. The molecule has 3 heterocycles. The number of aliphatic hydroxyl groups excluding tert-OH is 1. The predicted octanol–water partition coefficient (Wildman–Crippen LogP) is 3.12. The molecule has 0 bridgehead atoms. The van der Waals surface area contributed by atoms with Gasteiger partial charge in [0.2, 0.25) is 5.91 Å². The van der Waals surface area contributed by atoms with E-state index >= 15 is 0 Å². The lowest BCUT2D eigenvalue weighted by Crippen LogP contribution is -2.36. The first-order valence-electron chi connectivity index (χ1n) is 10.4. The van der Waals surface area contributed by atoms with Crippen molar-refractivity contribution in [3.63, 3.8) is 0 Å². The molecule has 3 aromatic rings. The number of hydrogen-bond acceptors (Lipinski definition) is 6. The number of nitrogens with one attached hydrogen (secondary N) is 2. The zero-order valence-corrected chi connectivity index (χ0v) is 17.4. The van der Waals surface area contributed by atoms with Crippen molar-refractivity contribution in [2.75, 3.05) is 18.4 Å². The summed E-state index contributed by atoms with van der Waals surface area (Å²) in [4.78, 5) is 19.6. The fourth-order valence-electron chi connectivity index (χ4n) is 3.66. The van der Waals surface area contributed by atoms with Crippen LogP contribution in [0.3, 0.4) is 0 Å². The minimum absolute atomic E-state index is 0.0644. The van der Waals surface area contributed by atoms with E-state index in [2.05, 4.69) is 26.7 Å². The quantitative estimate of drug-likeness (QED) is 0.546. The van der Waals surface area contributed by atoms with E-state index in [0.717, 1.165) is 41.0 Å². The van der Waals surface area contributed by atoms with Crippen molar-refractivity contribution in [2.45, 2.75) is 32.0 Å². The van der Waals surface area contributed by atoms with Gasteiger partial charge < -0.3 is 20.5 Å². The third-order valence-corrected chi connectivity index (χ3v) is 5.25. The lowest BCUT2D eigenvalue weighted by atomic mass is 9.98. The van der Waals surface area contributed by atoms with Crippen LogP contribution < -0.4 is 15.4 Å². The van der Waals surface area contributed by atoms with Crippen molar-refractivity contribution >= 4 is 11.6 Å². The third kappa shape index (κ3) is 5.45. The topological polar surface area (TPSA) is 96.4 Å². The Hall–Kier alpha value is -3.29. The molecule has 0 saturated heterocycles. The van der Waals surface area contributed by atoms with Gasteiger partial charge in [0.05, 0.1) is 23.7 Å². The lowest BCUT2D eigenvalue weighted by molar-refractivity contribution is -0.114. The van der Waals surface area contributed by atoms with Gasteiger partial charge in [0.1, 0.15) is 11.9 Å². The van der Waals surface area contributed by atoms with Crippen LogP contribution in [-0.4, -0.2) is 40.2 Å². The first kappa shape index (κ1) is 21.0. The van der Waals surface area contributed by atoms with Crippen LogP contribution in [0.2, 0.25) is 0 Å². The number of carbonyl (C=O) groups excluding carboxylic acids is 1. The number of nitrogens with zero attached hydrogens (tertiary/aromatic N) is 2. The van der Waals surface area contributed by atoms with Crippen LogP contribution in [0.1, 0.15) is 30.6 Å². The summed E-state index contributed by atoms with van der Waals surface area (Å²) >= 11 is 0. The number of benzene rings is 1. The van der Waals surface area contributed by atoms with Gasteiger partial charge in [-0.2, -0.15) is 0 Å². The number of pyridine rings is 2. The van der Waals surface area contributed by atoms with Crippen LogP contribution in [0.15, 0.2) is 61.1 Å². The highest BCUT2D eigenvalue weighted by molar-refractivity contribution is 5.88. The Morgan fingerprint density at radius 1 is 1.26 bits per heavy atom. The van der Waals surface area contributed by atoms with Crippen LogP contribution in [0, 0.1) is 0 Å². The van der Waals surface area contributed by atoms with E-state index < -0.39 is 6.10 Å². The van der Waals surface area contributed by atoms with Crippen molar-refractivity contribution < 1.29 is 14.6 Å². The fraction of sp³-hybridized carbons (Fsp3) is 0.292. The van der Waals surface area contributed by atoms with Gasteiger partial charge in [-0.3, -0.25) is 14.8 Å². The summed E-state index contributed by atoms with van der Waals surface area (Å²) in [7, 11) is 0. The van der Waals surface area contributed by atoms with E-state index in [9.17, 15) is 9.90 Å². The molecule has 3 N–H and O–H groups in total. The molecular weight excluding hydrogens is 392 g/mol. The van der Waals surface area contributed by atoms with Crippen LogP contribution >= 0.6 is 0 Å². The Bertz CT molecular complexity index is 1020. The number of fused-ring (bicyclic) bond motifs is 1. The summed E-state index contributed by atoms with van der Waals surface area (Å²) in [6.45, 7) is 2.60. The average molecular weight is 418 g/mol. The molecule has 7 nitrogen and oxygen atoms in total. The van der Waals surface area contributed by atoms with Crippen LogP contribution in [0.5, 0.6) is 5.75 Å². The molecule has 31 heavy (non-hydrogen) atoms. The smallest absolute Gasteiger partial charge is 0.221 e. The van der Waals surface area contributed by atoms with E-state index in [0.29, 0.717) is 18.8 Å². The number of amides is 1. The molecule has 0 saturated carbocycles. The molecule has 160 valence electrons. The van der Waals surface area contributed by atoms with Gasteiger partial charge in [-0.25, -0.2) is 0 Å². The normalized spacial score (nSPS) is 16.1. The molecule has 2 unspecified atom stereocenters. The molecule has 7 heteroatoms. The first-order valence-corrected chi connectivity index (χ1v) is 10.4. The van der Waals surface area contributed by atoms with Gasteiger partial charge >= 0.3 is 0 Å². The van der Waals surface area contributed by atoms with Crippen molar-refractivity contribution in [1.29, 1.82) is 0 Å². The van der Waals surface area contributed by atoms with E-state index in [1.165, 1.54) is 6.92 Å². The summed E-state index contributed by atoms with van der Waals surface area (Å²) < 4.78 is 6.15. The Labute approximate surface area is 181 Å².